The summed E-state index contributed by atoms with van der Waals surface area (Å²) in [7, 11) is -6.26. The first-order valence-corrected chi connectivity index (χ1v) is 18.2. The van der Waals surface area contributed by atoms with Gasteiger partial charge in [-0.15, -0.1) is 0 Å². The summed E-state index contributed by atoms with van der Waals surface area (Å²) >= 11 is 0. The van der Waals surface area contributed by atoms with Crippen molar-refractivity contribution in [2.75, 3.05) is 13.2 Å². The molecule has 5 aromatic rings. The molecule has 6 rings (SSSR count). The lowest BCUT2D eigenvalue weighted by atomic mass is 9.94. The van der Waals surface area contributed by atoms with Gasteiger partial charge in [-0.2, -0.15) is 17.2 Å². The predicted molar refractivity (Wildman–Crippen MR) is 184 cm³/mol. The summed E-state index contributed by atoms with van der Waals surface area (Å²) in [5.74, 6) is -0.823. The van der Waals surface area contributed by atoms with Crippen molar-refractivity contribution in [2.45, 2.75) is 59.5 Å². The van der Waals surface area contributed by atoms with Crippen LogP contribution in [0.15, 0.2) is 130 Å². The average Bonchev–Trinajstić information content (AvgIpc) is 3.07. The summed E-state index contributed by atoms with van der Waals surface area (Å²) in [6.07, 6.45) is -2.11. The molecule has 10 heteroatoms. The Morgan fingerprint density at radius 3 is 1.81 bits per heavy atom. The smallest absolute Gasteiger partial charge is 0.405 e. The summed E-state index contributed by atoms with van der Waals surface area (Å²) in [6, 6.07) is 37.7. The molecular formula is C38H37F2O6S2+. The van der Waals surface area contributed by atoms with E-state index in [4.69, 9.17) is 18.8 Å². The molecule has 1 fully saturated rings. The number of rotatable bonds is 9. The molecule has 1 aliphatic heterocycles. The molecule has 0 amide bonds. The van der Waals surface area contributed by atoms with Gasteiger partial charge in [0.15, 0.2) is 26.6 Å². The molecule has 0 aliphatic carbocycles. The van der Waals surface area contributed by atoms with E-state index in [1.807, 2.05) is 43.3 Å². The Labute approximate surface area is 282 Å². The second-order valence-electron chi connectivity index (χ2n) is 12.9. The van der Waals surface area contributed by atoms with Crippen molar-refractivity contribution in [1.82, 2.24) is 0 Å². The molecule has 2 atom stereocenters. The summed E-state index contributed by atoms with van der Waals surface area (Å²) in [6.45, 7) is 8.16. The van der Waals surface area contributed by atoms with Crippen LogP contribution in [0.1, 0.15) is 33.3 Å². The van der Waals surface area contributed by atoms with Crippen LogP contribution in [0.3, 0.4) is 0 Å². The molecule has 0 saturated carbocycles. The number of ether oxygens (including phenoxy) is 3. The van der Waals surface area contributed by atoms with Gasteiger partial charge in [-0.1, -0.05) is 50.2 Å². The summed E-state index contributed by atoms with van der Waals surface area (Å²) in [5, 5.41) is -2.14. The zero-order valence-electron chi connectivity index (χ0n) is 27.0. The summed E-state index contributed by atoms with van der Waals surface area (Å²) in [5.41, 5.74) is 3.00. The van der Waals surface area contributed by atoms with Crippen LogP contribution in [0.4, 0.5) is 8.78 Å². The van der Waals surface area contributed by atoms with Crippen molar-refractivity contribution in [3.8, 4) is 16.9 Å². The standard InChI is InChI=1S/C38H36F2O6S2/c1-26(38(39,40)48(41,42)43)46-32-15-21-35(22-16-32)47(34-19-13-31(14-20-34)37(4)44-24-36(2,3)25-45-37)33-17-11-28(12-18-33)30-10-9-27-7-5-6-8-29(27)23-30/h5-23,26H,24-25H2,1-4H3/p+1. The Hall–Kier alpha value is -3.80. The first-order valence-electron chi connectivity index (χ1n) is 15.5. The predicted octanol–water partition coefficient (Wildman–Crippen LogP) is 9.10. The monoisotopic (exact) mass is 691 g/mol. The topological polar surface area (TPSA) is 82.1 Å². The van der Waals surface area contributed by atoms with Gasteiger partial charge in [0.2, 0.25) is 0 Å². The van der Waals surface area contributed by atoms with Gasteiger partial charge in [-0.25, -0.2) is 0 Å². The van der Waals surface area contributed by atoms with Gasteiger partial charge in [0.25, 0.3) is 0 Å². The van der Waals surface area contributed by atoms with E-state index in [9.17, 15) is 17.2 Å². The fourth-order valence-corrected chi connectivity index (χ4v) is 8.02. The fourth-order valence-electron chi connectivity index (χ4n) is 5.51. The number of hydrogen-bond acceptors (Lipinski definition) is 5. The molecular weight excluding hydrogens is 655 g/mol. The molecule has 0 bridgehead atoms. The van der Waals surface area contributed by atoms with E-state index >= 15 is 0 Å². The first kappa shape index (κ1) is 34.1. The average molecular weight is 692 g/mol. The largest absolute Gasteiger partial charge is 0.483 e. The number of fused-ring (bicyclic) bond motifs is 1. The van der Waals surface area contributed by atoms with Gasteiger partial charge in [0.1, 0.15) is 5.75 Å². The SMILES string of the molecule is CC(Oc1ccc([S+](c2ccc(-c3ccc4ccccc4c3)cc2)c2ccc(C3(C)OCC(C)(C)CO3)cc2)cc1)C(F)(F)S(=O)(=O)O. The van der Waals surface area contributed by atoms with Gasteiger partial charge in [-0.3, -0.25) is 4.55 Å². The van der Waals surface area contributed by atoms with Crippen LogP contribution in [-0.4, -0.2) is 37.5 Å². The molecule has 48 heavy (non-hydrogen) atoms. The Morgan fingerprint density at radius 2 is 1.25 bits per heavy atom. The van der Waals surface area contributed by atoms with Crippen molar-refractivity contribution in [1.29, 1.82) is 0 Å². The highest BCUT2D eigenvalue weighted by Crippen LogP contribution is 2.39. The highest BCUT2D eigenvalue weighted by atomic mass is 32.2. The molecule has 6 nitrogen and oxygen atoms in total. The Morgan fingerprint density at radius 1 is 0.750 bits per heavy atom. The summed E-state index contributed by atoms with van der Waals surface area (Å²) < 4.78 is 77.2. The highest BCUT2D eigenvalue weighted by molar-refractivity contribution is 7.97. The van der Waals surface area contributed by atoms with E-state index in [-0.39, 0.29) is 11.2 Å². The van der Waals surface area contributed by atoms with Crippen LogP contribution >= 0.6 is 0 Å². The van der Waals surface area contributed by atoms with Crippen LogP contribution in [0.25, 0.3) is 21.9 Å². The van der Waals surface area contributed by atoms with Crippen LogP contribution in [0, 0.1) is 5.41 Å². The van der Waals surface area contributed by atoms with Crippen LogP contribution in [0.5, 0.6) is 5.75 Å². The van der Waals surface area contributed by atoms with Crippen molar-refractivity contribution in [2.24, 2.45) is 5.41 Å². The minimum absolute atomic E-state index is 0.0440. The highest BCUT2D eigenvalue weighted by Gasteiger charge is 2.51. The van der Waals surface area contributed by atoms with Gasteiger partial charge in [-0.05, 0) is 115 Å². The van der Waals surface area contributed by atoms with E-state index in [2.05, 4.69) is 68.4 Å². The zero-order chi connectivity index (χ0) is 34.3. The maximum atomic E-state index is 14.1. The fraction of sp³-hybridized carbons (Fsp3) is 0.263. The molecule has 1 aliphatic rings. The Kier molecular flexibility index (Phi) is 9.16. The second-order valence-corrected chi connectivity index (χ2v) is 16.4. The lowest BCUT2D eigenvalue weighted by molar-refractivity contribution is -0.298. The van der Waals surface area contributed by atoms with Crippen molar-refractivity contribution in [3.63, 3.8) is 0 Å². The third-order valence-electron chi connectivity index (χ3n) is 8.45. The van der Waals surface area contributed by atoms with Gasteiger partial charge in [0, 0.05) is 11.0 Å². The maximum absolute atomic E-state index is 14.1. The normalized spacial score (nSPS) is 17.5. The first-order chi connectivity index (χ1) is 22.7. The Bertz CT molecular complexity index is 2000. The molecule has 1 N–H and O–H groups in total. The lowest BCUT2D eigenvalue weighted by Gasteiger charge is -2.41. The molecule has 0 radical (unpaired) electrons. The third kappa shape index (κ3) is 6.99. The van der Waals surface area contributed by atoms with Crippen LogP contribution < -0.4 is 4.74 Å². The van der Waals surface area contributed by atoms with E-state index in [0.29, 0.717) is 13.2 Å². The van der Waals surface area contributed by atoms with Gasteiger partial charge >= 0.3 is 15.4 Å². The molecule has 0 spiro atoms. The minimum Gasteiger partial charge on any atom is -0.483 e. The van der Waals surface area contributed by atoms with Gasteiger partial charge in [0.05, 0.1) is 24.1 Å². The zero-order valence-corrected chi connectivity index (χ0v) is 28.7. The second kappa shape index (κ2) is 12.9. The minimum atomic E-state index is -5.65. The maximum Gasteiger partial charge on any atom is 0.405 e. The molecule has 2 unspecified atom stereocenters. The molecule has 1 saturated heterocycles. The van der Waals surface area contributed by atoms with Crippen molar-refractivity contribution >= 4 is 31.8 Å². The van der Waals surface area contributed by atoms with E-state index in [1.54, 1.807) is 12.1 Å². The molecule has 1 heterocycles. The van der Waals surface area contributed by atoms with Crippen LogP contribution in [0.2, 0.25) is 0 Å². The van der Waals surface area contributed by atoms with Gasteiger partial charge < -0.3 is 14.2 Å². The van der Waals surface area contributed by atoms with Crippen molar-refractivity contribution in [3.05, 3.63) is 121 Å². The Balaban J connectivity index is 1.32. The molecule has 5 aromatic carbocycles. The molecule has 0 aromatic heterocycles. The van der Waals surface area contributed by atoms with Crippen molar-refractivity contribution < 1.29 is 36.0 Å². The number of benzene rings is 5. The lowest BCUT2D eigenvalue weighted by Crippen LogP contribution is -2.43. The van der Waals surface area contributed by atoms with E-state index in [0.717, 1.165) is 43.7 Å². The number of halogens is 2. The van der Waals surface area contributed by atoms with E-state index < -0.39 is 38.2 Å². The number of hydrogen-bond donors (Lipinski definition) is 1. The van der Waals surface area contributed by atoms with E-state index in [1.165, 1.54) is 17.5 Å². The van der Waals surface area contributed by atoms with Crippen LogP contribution in [-0.2, 0) is 36.3 Å². The third-order valence-corrected chi connectivity index (χ3v) is 11.7. The quantitative estimate of drug-likeness (QED) is 0.123. The molecule has 250 valence electrons. The summed E-state index contributed by atoms with van der Waals surface area (Å²) in [4.78, 5) is 2.93. The number of alkyl halides is 2.